The molecule has 0 aliphatic heterocycles. The molecule has 0 saturated heterocycles. The second kappa shape index (κ2) is 9.20. The maximum atomic E-state index is 6.05. The number of ether oxygens (including phenoxy) is 2. The minimum Gasteiger partial charge on any atom is -0.492 e. The largest absolute Gasteiger partial charge is 0.492 e. The molecule has 0 heterocycles. The van der Waals surface area contributed by atoms with Crippen molar-refractivity contribution in [1.82, 2.24) is 5.32 Å². The molecule has 1 rings (SSSR count). The normalized spacial score (nSPS) is 10.6. The molecular formula is C14H22ClNO2. The highest BCUT2D eigenvalue weighted by molar-refractivity contribution is 6.31. The minimum absolute atomic E-state index is 0.664. The summed E-state index contributed by atoms with van der Waals surface area (Å²) in [5.41, 5.74) is 1.13. The summed E-state index contributed by atoms with van der Waals surface area (Å²) in [6.45, 7) is 5.34. The number of methoxy groups -OCH3 is 1. The summed E-state index contributed by atoms with van der Waals surface area (Å²) in [6, 6.07) is 5.81. The van der Waals surface area contributed by atoms with Crippen molar-refractivity contribution < 1.29 is 9.47 Å². The van der Waals surface area contributed by atoms with Gasteiger partial charge in [0, 0.05) is 25.3 Å². The first-order valence-electron chi connectivity index (χ1n) is 6.38. The van der Waals surface area contributed by atoms with Crippen LogP contribution in [0.5, 0.6) is 5.75 Å². The lowest BCUT2D eigenvalue weighted by atomic mass is 10.1. The smallest absolute Gasteiger partial charge is 0.119 e. The summed E-state index contributed by atoms with van der Waals surface area (Å²) >= 11 is 6.05. The van der Waals surface area contributed by atoms with Crippen molar-refractivity contribution >= 4 is 11.6 Å². The highest BCUT2D eigenvalue weighted by atomic mass is 35.5. The summed E-state index contributed by atoms with van der Waals surface area (Å²) in [4.78, 5) is 0. The van der Waals surface area contributed by atoms with Crippen molar-refractivity contribution in [1.29, 1.82) is 0 Å². The Morgan fingerprint density at radius 3 is 2.78 bits per heavy atom. The number of hydrogen-bond acceptors (Lipinski definition) is 3. The van der Waals surface area contributed by atoms with Gasteiger partial charge in [-0.15, -0.1) is 0 Å². The van der Waals surface area contributed by atoms with Gasteiger partial charge >= 0.3 is 0 Å². The first-order chi connectivity index (χ1) is 8.77. The zero-order valence-corrected chi connectivity index (χ0v) is 11.9. The van der Waals surface area contributed by atoms with E-state index in [4.69, 9.17) is 21.1 Å². The summed E-state index contributed by atoms with van der Waals surface area (Å²) in [6.07, 6.45) is 1.95. The van der Waals surface area contributed by atoms with Gasteiger partial charge in [-0.3, -0.25) is 0 Å². The highest BCUT2D eigenvalue weighted by Crippen LogP contribution is 2.22. The standard InChI is InChI=1S/C14H22ClNO2/c1-3-12-11-13(5-6-14(12)15)18-10-8-16-7-4-9-17-2/h5-6,11,16H,3-4,7-10H2,1-2H3. The van der Waals surface area contributed by atoms with Crippen LogP contribution in [0.2, 0.25) is 5.02 Å². The van der Waals surface area contributed by atoms with Crippen LogP contribution < -0.4 is 10.1 Å². The topological polar surface area (TPSA) is 30.5 Å². The Kier molecular flexibility index (Phi) is 7.81. The van der Waals surface area contributed by atoms with Crippen molar-refractivity contribution in [2.75, 3.05) is 33.4 Å². The van der Waals surface area contributed by atoms with Crippen LogP contribution in [-0.2, 0) is 11.2 Å². The average molecular weight is 272 g/mol. The Labute approximate surface area is 114 Å². The molecule has 0 saturated carbocycles. The van der Waals surface area contributed by atoms with E-state index >= 15 is 0 Å². The minimum atomic E-state index is 0.664. The Morgan fingerprint density at radius 1 is 1.22 bits per heavy atom. The van der Waals surface area contributed by atoms with Crippen molar-refractivity contribution in [2.24, 2.45) is 0 Å². The number of halogens is 1. The second-order valence-corrected chi connectivity index (χ2v) is 4.46. The zero-order chi connectivity index (χ0) is 13.2. The third-order valence-electron chi connectivity index (χ3n) is 2.65. The highest BCUT2D eigenvalue weighted by Gasteiger charge is 2.00. The van der Waals surface area contributed by atoms with Crippen LogP contribution in [-0.4, -0.2) is 33.4 Å². The fourth-order valence-electron chi connectivity index (χ4n) is 1.62. The predicted octanol–water partition coefficient (Wildman–Crippen LogP) is 2.91. The van der Waals surface area contributed by atoms with Gasteiger partial charge in [-0.1, -0.05) is 18.5 Å². The SMILES string of the molecule is CCc1cc(OCCNCCCOC)ccc1Cl. The molecule has 0 radical (unpaired) electrons. The lowest BCUT2D eigenvalue weighted by Gasteiger charge is -2.09. The molecule has 0 unspecified atom stereocenters. The summed E-state index contributed by atoms with van der Waals surface area (Å²) in [5, 5.41) is 4.11. The van der Waals surface area contributed by atoms with Crippen molar-refractivity contribution in [2.45, 2.75) is 19.8 Å². The molecule has 0 amide bonds. The fourth-order valence-corrected chi connectivity index (χ4v) is 1.87. The first-order valence-corrected chi connectivity index (χ1v) is 6.76. The van der Waals surface area contributed by atoms with E-state index in [0.717, 1.165) is 48.9 Å². The van der Waals surface area contributed by atoms with E-state index in [1.165, 1.54) is 0 Å². The van der Waals surface area contributed by atoms with Gasteiger partial charge in [0.1, 0.15) is 12.4 Å². The van der Waals surface area contributed by atoms with Crippen LogP contribution in [0.25, 0.3) is 0 Å². The van der Waals surface area contributed by atoms with Gasteiger partial charge in [0.05, 0.1) is 0 Å². The first kappa shape index (κ1) is 15.3. The van der Waals surface area contributed by atoms with Gasteiger partial charge in [0.2, 0.25) is 0 Å². The molecule has 102 valence electrons. The number of nitrogens with one attached hydrogen (secondary N) is 1. The fraction of sp³-hybridized carbons (Fsp3) is 0.571. The monoisotopic (exact) mass is 271 g/mol. The number of rotatable bonds is 9. The van der Waals surface area contributed by atoms with E-state index in [9.17, 15) is 0 Å². The molecule has 0 bridgehead atoms. The molecule has 3 nitrogen and oxygen atoms in total. The van der Waals surface area contributed by atoms with Gasteiger partial charge in [-0.25, -0.2) is 0 Å². The molecule has 1 N–H and O–H groups in total. The maximum absolute atomic E-state index is 6.05. The Balaban J connectivity index is 2.19. The van der Waals surface area contributed by atoms with Crippen molar-refractivity contribution in [3.05, 3.63) is 28.8 Å². The second-order valence-electron chi connectivity index (χ2n) is 4.05. The molecule has 4 heteroatoms. The lowest BCUT2D eigenvalue weighted by Crippen LogP contribution is -2.22. The quantitative estimate of drug-likeness (QED) is 0.701. The molecule has 0 fully saturated rings. The predicted molar refractivity (Wildman–Crippen MR) is 75.7 cm³/mol. The van der Waals surface area contributed by atoms with E-state index < -0.39 is 0 Å². The Hall–Kier alpha value is -0.770. The van der Waals surface area contributed by atoms with Gasteiger partial charge in [-0.05, 0) is 43.1 Å². The van der Waals surface area contributed by atoms with E-state index in [2.05, 4.69) is 12.2 Å². The zero-order valence-electron chi connectivity index (χ0n) is 11.2. The molecule has 0 spiro atoms. The lowest BCUT2D eigenvalue weighted by molar-refractivity contribution is 0.193. The summed E-state index contributed by atoms with van der Waals surface area (Å²) in [5.74, 6) is 0.884. The molecular weight excluding hydrogens is 250 g/mol. The van der Waals surface area contributed by atoms with Gasteiger partial charge < -0.3 is 14.8 Å². The van der Waals surface area contributed by atoms with Crippen LogP contribution in [0, 0.1) is 0 Å². The maximum Gasteiger partial charge on any atom is 0.119 e. The van der Waals surface area contributed by atoms with Gasteiger partial charge in [-0.2, -0.15) is 0 Å². The van der Waals surface area contributed by atoms with Crippen molar-refractivity contribution in [3.8, 4) is 5.75 Å². The number of aryl methyl sites for hydroxylation is 1. The molecule has 1 aromatic rings. The van der Waals surface area contributed by atoms with Crippen LogP contribution in [0.1, 0.15) is 18.9 Å². The van der Waals surface area contributed by atoms with Crippen LogP contribution in [0.4, 0.5) is 0 Å². The summed E-state index contributed by atoms with van der Waals surface area (Å²) in [7, 11) is 1.72. The van der Waals surface area contributed by atoms with Crippen LogP contribution >= 0.6 is 11.6 Å². The molecule has 0 aliphatic carbocycles. The van der Waals surface area contributed by atoms with E-state index in [1.54, 1.807) is 7.11 Å². The van der Waals surface area contributed by atoms with E-state index in [0.29, 0.717) is 6.61 Å². The summed E-state index contributed by atoms with van der Waals surface area (Å²) < 4.78 is 10.6. The average Bonchev–Trinajstić information content (AvgIpc) is 2.39. The van der Waals surface area contributed by atoms with Crippen LogP contribution in [0.3, 0.4) is 0 Å². The van der Waals surface area contributed by atoms with Gasteiger partial charge in [0.15, 0.2) is 0 Å². The molecule has 1 aromatic carbocycles. The van der Waals surface area contributed by atoms with Gasteiger partial charge in [0.25, 0.3) is 0 Å². The van der Waals surface area contributed by atoms with E-state index in [-0.39, 0.29) is 0 Å². The number of benzene rings is 1. The molecule has 0 aliphatic rings. The Morgan fingerprint density at radius 2 is 2.06 bits per heavy atom. The van der Waals surface area contributed by atoms with Crippen molar-refractivity contribution in [3.63, 3.8) is 0 Å². The molecule has 18 heavy (non-hydrogen) atoms. The molecule has 0 atom stereocenters. The third kappa shape index (κ3) is 5.71. The Bertz CT molecular complexity index is 345. The van der Waals surface area contributed by atoms with E-state index in [1.807, 2.05) is 18.2 Å². The number of hydrogen-bond donors (Lipinski definition) is 1. The van der Waals surface area contributed by atoms with Crippen LogP contribution in [0.15, 0.2) is 18.2 Å². The molecule has 0 aromatic heterocycles. The third-order valence-corrected chi connectivity index (χ3v) is 3.02.